The van der Waals surface area contributed by atoms with Gasteiger partial charge in [-0.05, 0) is 63.0 Å². The fourth-order valence-electron chi connectivity index (χ4n) is 4.11. The van der Waals surface area contributed by atoms with Crippen molar-refractivity contribution in [1.29, 1.82) is 0 Å². The summed E-state index contributed by atoms with van der Waals surface area (Å²) in [6.45, 7) is 11.9. The molecule has 2 fully saturated rings. The van der Waals surface area contributed by atoms with Crippen molar-refractivity contribution >= 4 is 0 Å². The lowest BCUT2D eigenvalue weighted by atomic mass is 9.65. The second kappa shape index (κ2) is 4.18. The minimum Gasteiger partial charge on any atom is -0.235 e. The Morgan fingerprint density at radius 2 is 1.67 bits per heavy atom. The van der Waals surface area contributed by atoms with Gasteiger partial charge in [-0.2, -0.15) is 0 Å². The number of halogens is 2. The van der Waals surface area contributed by atoms with Gasteiger partial charge in [-0.3, -0.25) is 0 Å². The molecule has 0 spiro atoms. The number of fused-ring (bicyclic) bond motifs is 2. The lowest BCUT2D eigenvalue weighted by Gasteiger charge is -2.45. The minimum atomic E-state index is -2.02. The summed E-state index contributed by atoms with van der Waals surface area (Å²) in [6.07, 6.45) is 4.10. The summed E-state index contributed by atoms with van der Waals surface area (Å²) < 4.78 is 30.5. The highest BCUT2D eigenvalue weighted by Gasteiger charge is 2.61. The van der Waals surface area contributed by atoms with Crippen molar-refractivity contribution in [1.82, 2.24) is 0 Å². The number of hydrogen-bond acceptors (Lipinski definition) is 0. The standard InChI is InChI=1S/C16H24F2/c1-10(2)15(5,17)16(18,11(3)4)14-9-12-6-7-13(14)8-12/h12-14H,1,3,6-9H2,2,4-5H3. The maximum atomic E-state index is 15.6. The summed E-state index contributed by atoms with van der Waals surface area (Å²) in [4.78, 5) is 0. The van der Waals surface area contributed by atoms with Crippen molar-refractivity contribution < 1.29 is 8.78 Å². The number of hydrogen-bond donors (Lipinski definition) is 0. The predicted octanol–water partition coefficient (Wildman–Crippen LogP) is 5.01. The van der Waals surface area contributed by atoms with Crippen molar-refractivity contribution in [2.75, 3.05) is 0 Å². The molecule has 0 N–H and O–H groups in total. The van der Waals surface area contributed by atoms with E-state index < -0.39 is 11.3 Å². The van der Waals surface area contributed by atoms with E-state index in [-0.39, 0.29) is 11.5 Å². The Morgan fingerprint density at radius 3 is 2.00 bits per heavy atom. The van der Waals surface area contributed by atoms with Crippen molar-refractivity contribution in [3.63, 3.8) is 0 Å². The molecule has 2 rings (SSSR count). The van der Waals surface area contributed by atoms with Crippen molar-refractivity contribution in [2.24, 2.45) is 17.8 Å². The van der Waals surface area contributed by atoms with Gasteiger partial charge >= 0.3 is 0 Å². The van der Waals surface area contributed by atoms with E-state index in [1.807, 2.05) is 0 Å². The molecule has 0 nitrogen and oxygen atoms in total. The molecule has 2 heteroatoms. The van der Waals surface area contributed by atoms with Gasteiger partial charge in [-0.25, -0.2) is 8.78 Å². The Hall–Kier alpha value is -0.660. The molecular weight excluding hydrogens is 230 g/mol. The average molecular weight is 254 g/mol. The van der Waals surface area contributed by atoms with Crippen molar-refractivity contribution in [3.8, 4) is 0 Å². The molecule has 0 aliphatic heterocycles. The SMILES string of the molecule is C=C(C)C(C)(F)C(F)(C(=C)C)C1CC2CCC1C2. The van der Waals surface area contributed by atoms with Crippen LogP contribution in [0, 0.1) is 17.8 Å². The molecule has 0 aromatic heterocycles. The average Bonchev–Trinajstić information content (AvgIpc) is 2.88. The minimum absolute atomic E-state index is 0.222. The molecule has 5 atom stereocenters. The van der Waals surface area contributed by atoms with Crippen LogP contribution in [0.1, 0.15) is 46.5 Å². The first-order chi connectivity index (χ1) is 8.21. The van der Waals surface area contributed by atoms with Crippen LogP contribution in [0.2, 0.25) is 0 Å². The molecule has 2 saturated carbocycles. The van der Waals surface area contributed by atoms with Gasteiger partial charge in [-0.15, -0.1) is 0 Å². The van der Waals surface area contributed by atoms with Gasteiger partial charge in [-0.1, -0.05) is 19.6 Å². The fraction of sp³-hybridized carbons (Fsp3) is 0.750. The Kier molecular flexibility index (Phi) is 3.19. The van der Waals surface area contributed by atoms with E-state index in [1.54, 1.807) is 13.8 Å². The van der Waals surface area contributed by atoms with Gasteiger partial charge in [0.1, 0.15) is 0 Å². The molecule has 18 heavy (non-hydrogen) atoms. The van der Waals surface area contributed by atoms with Crippen LogP contribution in [0.4, 0.5) is 8.78 Å². The van der Waals surface area contributed by atoms with E-state index in [2.05, 4.69) is 13.2 Å². The molecular formula is C16H24F2. The third-order valence-corrected chi connectivity index (χ3v) is 5.35. The zero-order valence-corrected chi connectivity index (χ0v) is 11.7. The molecule has 0 aromatic rings. The predicted molar refractivity (Wildman–Crippen MR) is 71.9 cm³/mol. The lowest BCUT2D eigenvalue weighted by molar-refractivity contribution is -0.0376. The smallest absolute Gasteiger partial charge is 0.171 e. The molecule has 5 unspecified atom stereocenters. The quantitative estimate of drug-likeness (QED) is 0.618. The summed E-state index contributed by atoms with van der Waals surface area (Å²) in [5.74, 6) is 0.696. The van der Waals surface area contributed by atoms with Crippen molar-refractivity contribution in [3.05, 3.63) is 24.3 Å². The highest BCUT2D eigenvalue weighted by atomic mass is 19.2. The Balaban J connectivity index is 2.39. The summed E-state index contributed by atoms with van der Waals surface area (Å²) in [7, 11) is 0. The van der Waals surface area contributed by atoms with Crippen LogP contribution in [0.15, 0.2) is 24.3 Å². The van der Waals surface area contributed by atoms with Gasteiger partial charge < -0.3 is 0 Å². The maximum absolute atomic E-state index is 15.6. The van der Waals surface area contributed by atoms with E-state index in [1.165, 1.54) is 13.3 Å². The third kappa shape index (κ3) is 1.68. The van der Waals surface area contributed by atoms with Gasteiger partial charge in [0.05, 0.1) is 0 Å². The van der Waals surface area contributed by atoms with Crippen LogP contribution in [-0.2, 0) is 0 Å². The van der Waals surface area contributed by atoms with E-state index in [4.69, 9.17) is 0 Å². The molecule has 2 bridgehead atoms. The number of rotatable bonds is 4. The summed E-state index contributed by atoms with van der Waals surface area (Å²) in [5, 5.41) is 0. The van der Waals surface area contributed by atoms with Crippen LogP contribution in [0.3, 0.4) is 0 Å². The normalized spacial score (nSPS) is 37.1. The number of allylic oxidation sites excluding steroid dienone is 2. The zero-order chi connectivity index (χ0) is 13.7. The van der Waals surface area contributed by atoms with Gasteiger partial charge in [0.2, 0.25) is 0 Å². The summed E-state index contributed by atoms with van der Waals surface area (Å²) in [6, 6.07) is 0. The first kappa shape index (κ1) is 13.8. The van der Waals surface area contributed by atoms with Crippen LogP contribution in [0.25, 0.3) is 0 Å². The summed E-state index contributed by atoms with van der Waals surface area (Å²) >= 11 is 0. The van der Waals surface area contributed by atoms with Gasteiger partial charge in [0, 0.05) is 5.92 Å². The van der Waals surface area contributed by atoms with Crippen molar-refractivity contribution in [2.45, 2.75) is 57.8 Å². The van der Waals surface area contributed by atoms with Crippen LogP contribution < -0.4 is 0 Å². The van der Waals surface area contributed by atoms with Crippen LogP contribution >= 0.6 is 0 Å². The molecule has 0 radical (unpaired) electrons. The Labute approximate surface area is 109 Å². The van der Waals surface area contributed by atoms with Gasteiger partial charge in [0.15, 0.2) is 11.3 Å². The Bertz CT molecular complexity index is 383. The largest absolute Gasteiger partial charge is 0.235 e. The molecule has 2 aliphatic rings. The monoisotopic (exact) mass is 254 g/mol. The zero-order valence-electron chi connectivity index (χ0n) is 11.7. The second-order valence-electron chi connectivity index (χ2n) is 6.56. The molecule has 0 heterocycles. The molecule has 0 amide bonds. The van der Waals surface area contributed by atoms with Gasteiger partial charge in [0.25, 0.3) is 0 Å². The van der Waals surface area contributed by atoms with E-state index in [0.717, 1.165) is 19.3 Å². The summed E-state index contributed by atoms with van der Waals surface area (Å²) in [5.41, 5.74) is -3.41. The molecule has 102 valence electrons. The highest BCUT2D eigenvalue weighted by molar-refractivity contribution is 5.31. The van der Waals surface area contributed by atoms with E-state index >= 15 is 4.39 Å². The fourth-order valence-corrected chi connectivity index (χ4v) is 4.11. The second-order valence-corrected chi connectivity index (χ2v) is 6.56. The topological polar surface area (TPSA) is 0 Å². The molecule has 2 aliphatic carbocycles. The van der Waals surface area contributed by atoms with Crippen LogP contribution in [0.5, 0.6) is 0 Å². The number of alkyl halides is 2. The Morgan fingerprint density at radius 1 is 1.06 bits per heavy atom. The molecule has 0 saturated heterocycles. The lowest BCUT2D eigenvalue weighted by Crippen LogP contribution is -2.53. The van der Waals surface area contributed by atoms with E-state index in [9.17, 15) is 4.39 Å². The first-order valence-electron chi connectivity index (χ1n) is 6.91. The molecule has 0 aromatic carbocycles. The third-order valence-electron chi connectivity index (χ3n) is 5.35. The maximum Gasteiger partial charge on any atom is 0.171 e. The highest BCUT2D eigenvalue weighted by Crippen LogP contribution is 2.59. The first-order valence-corrected chi connectivity index (χ1v) is 6.91. The van der Waals surface area contributed by atoms with Crippen LogP contribution in [-0.4, -0.2) is 11.3 Å². The van der Waals surface area contributed by atoms with E-state index in [0.29, 0.717) is 17.4 Å².